The van der Waals surface area contributed by atoms with Gasteiger partial charge in [-0.15, -0.1) is 0 Å². The van der Waals surface area contributed by atoms with Gasteiger partial charge in [0.2, 0.25) is 0 Å². The van der Waals surface area contributed by atoms with Gasteiger partial charge in [-0.05, 0) is 40.9 Å². The predicted octanol–water partition coefficient (Wildman–Crippen LogP) is 4.31. The first-order valence-electron chi connectivity index (χ1n) is 7.38. The Labute approximate surface area is 131 Å². The van der Waals surface area contributed by atoms with Crippen LogP contribution in [0.3, 0.4) is 0 Å². The predicted molar refractivity (Wildman–Crippen MR) is 87.1 cm³/mol. The quantitative estimate of drug-likeness (QED) is 0.649. The van der Waals surface area contributed by atoms with E-state index in [4.69, 9.17) is 0 Å². The highest BCUT2D eigenvalue weighted by Gasteiger charge is 2.23. The molecule has 0 aliphatic heterocycles. The van der Waals surface area contributed by atoms with E-state index in [0.29, 0.717) is 6.04 Å². The van der Waals surface area contributed by atoms with E-state index in [-0.39, 0.29) is 0 Å². The third-order valence-corrected chi connectivity index (χ3v) is 4.81. The summed E-state index contributed by atoms with van der Waals surface area (Å²) in [5.41, 5.74) is 3.70. The second kappa shape index (κ2) is 4.98. The van der Waals surface area contributed by atoms with Crippen molar-refractivity contribution < 1.29 is 0 Å². The van der Waals surface area contributed by atoms with E-state index in [1.807, 2.05) is 24.1 Å². The fourth-order valence-corrected chi connectivity index (χ4v) is 3.75. The van der Waals surface area contributed by atoms with Gasteiger partial charge < -0.3 is 4.57 Å². The van der Waals surface area contributed by atoms with Crippen molar-refractivity contribution in [1.29, 1.82) is 0 Å². The molecule has 1 aliphatic carbocycles. The molecule has 0 aromatic carbocycles. The lowest BCUT2D eigenvalue weighted by Gasteiger charge is -2.17. The summed E-state index contributed by atoms with van der Waals surface area (Å²) in [4.78, 5) is 4.37. The standard InChI is InChI=1S/C16H17BrN4/c1-20-10-12(9-19-20)14-6-11-8-18-16(17)7-15(11)21(14)13-4-2-3-5-13/h6-10,13H,2-5H2,1H3. The fourth-order valence-electron chi connectivity index (χ4n) is 3.43. The lowest BCUT2D eigenvalue weighted by molar-refractivity contribution is 0.540. The number of hydrogen-bond acceptors (Lipinski definition) is 2. The number of fused-ring (bicyclic) bond motifs is 1. The molecule has 3 aromatic rings. The Morgan fingerprint density at radius 3 is 2.71 bits per heavy atom. The minimum Gasteiger partial charge on any atom is -0.337 e. The first kappa shape index (κ1) is 13.1. The fraction of sp³-hybridized carbons (Fsp3) is 0.375. The second-order valence-electron chi connectivity index (χ2n) is 5.81. The first-order chi connectivity index (χ1) is 10.2. The van der Waals surface area contributed by atoms with Crippen LogP contribution in [0.25, 0.3) is 22.2 Å². The number of aromatic nitrogens is 4. The second-order valence-corrected chi connectivity index (χ2v) is 6.62. The summed E-state index contributed by atoms with van der Waals surface area (Å²) in [5.74, 6) is 0. The van der Waals surface area contributed by atoms with Crippen LogP contribution in [0.1, 0.15) is 31.7 Å². The lowest BCUT2D eigenvalue weighted by Crippen LogP contribution is -2.06. The van der Waals surface area contributed by atoms with E-state index in [0.717, 1.165) is 4.60 Å². The van der Waals surface area contributed by atoms with E-state index < -0.39 is 0 Å². The van der Waals surface area contributed by atoms with Crippen LogP contribution in [-0.4, -0.2) is 19.3 Å². The summed E-state index contributed by atoms with van der Waals surface area (Å²) in [6, 6.07) is 4.96. The molecule has 108 valence electrons. The van der Waals surface area contributed by atoms with Crippen LogP contribution in [0, 0.1) is 0 Å². The molecule has 5 heteroatoms. The molecule has 4 rings (SSSR count). The molecule has 3 heterocycles. The van der Waals surface area contributed by atoms with Gasteiger partial charge in [0.25, 0.3) is 0 Å². The van der Waals surface area contributed by atoms with E-state index in [1.165, 1.54) is 47.8 Å². The maximum atomic E-state index is 4.37. The maximum Gasteiger partial charge on any atom is 0.108 e. The topological polar surface area (TPSA) is 35.6 Å². The third-order valence-electron chi connectivity index (χ3n) is 4.38. The van der Waals surface area contributed by atoms with Gasteiger partial charge in [0.15, 0.2) is 0 Å². The number of halogens is 1. The van der Waals surface area contributed by atoms with Gasteiger partial charge in [0.05, 0.1) is 17.4 Å². The highest BCUT2D eigenvalue weighted by molar-refractivity contribution is 9.10. The summed E-state index contributed by atoms with van der Waals surface area (Å²) in [6.07, 6.45) is 11.1. The average Bonchev–Trinajstić information content (AvgIpc) is 3.15. The molecular formula is C16H17BrN4. The summed E-state index contributed by atoms with van der Waals surface area (Å²) in [5, 5.41) is 5.53. The Morgan fingerprint density at radius 2 is 2.00 bits per heavy atom. The van der Waals surface area contributed by atoms with Crippen molar-refractivity contribution in [2.75, 3.05) is 0 Å². The van der Waals surface area contributed by atoms with Gasteiger partial charge in [0, 0.05) is 36.4 Å². The van der Waals surface area contributed by atoms with Crippen molar-refractivity contribution >= 4 is 26.8 Å². The van der Waals surface area contributed by atoms with E-state index in [2.05, 4.69) is 48.9 Å². The zero-order chi connectivity index (χ0) is 14.4. The van der Waals surface area contributed by atoms with Crippen LogP contribution in [0.15, 0.2) is 35.3 Å². The van der Waals surface area contributed by atoms with Crippen molar-refractivity contribution in [1.82, 2.24) is 19.3 Å². The Kier molecular flexibility index (Phi) is 3.10. The summed E-state index contributed by atoms with van der Waals surface area (Å²) >= 11 is 3.50. The SMILES string of the molecule is Cn1cc(-c2cc3cnc(Br)cc3n2C2CCCC2)cn1. The van der Waals surface area contributed by atoms with Gasteiger partial charge in [-0.2, -0.15) is 5.10 Å². The van der Waals surface area contributed by atoms with Gasteiger partial charge in [-0.3, -0.25) is 4.68 Å². The minimum absolute atomic E-state index is 0.590. The maximum absolute atomic E-state index is 4.37. The van der Waals surface area contributed by atoms with E-state index in [9.17, 15) is 0 Å². The van der Waals surface area contributed by atoms with Gasteiger partial charge >= 0.3 is 0 Å². The highest BCUT2D eigenvalue weighted by Crippen LogP contribution is 2.38. The molecule has 0 amide bonds. The van der Waals surface area contributed by atoms with Crippen LogP contribution >= 0.6 is 15.9 Å². The molecule has 1 saturated carbocycles. The monoisotopic (exact) mass is 344 g/mol. The molecule has 1 aliphatic rings. The number of pyridine rings is 1. The molecule has 3 aromatic heterocycles. The molecule has 0 radical (unpaired) electrons. The highest BCUT2D eigenvalue weighted by atomic mass is 79.9. The van der Waals surface area contributed by atoms with Crippen LogP contribution in [-0.2, 0) is 7.05 Å². The molecule has 0 saturated heterocycles. The Bertz CT molecular complexity index is 796. The Morgan fingerprint density at radius 1 is 1.19 bits per heavy atom. The van der Waals surface area contributed by atoms with E-state index >= 15 is 0 Å². The van der Waals surface area contributed by atoms with Crippen molar-refractivity contribution in [3.05, 3.63) is 35.3 Å². The minimum atomic E-state index is 0.590. The molecule has 0 N–H and O–H groups in total. The summed E-state index contributed by atoms with van der Waals surface area (Å²) < 4.78 is 5.25. The van der Waals surface area contributed by atoms with Crippen LogP contribution in [0.4, 0.5) is 0 Å². The number of aryl methyl sites for hydroxylation is 1. The van der Waals surface area contributed by atoms with Gasteiger partial charge in [-0.25, -0.2) is 4.98 Å². The molecular weight excluding hydrogens is 328 g/mol. The molecule has 0 atom stereocenters. The van der Waals surface area contributed by atoms with Crippen molar-refractivity contribution in [2.45, 2.75) is 31.7 Å². The van der Waals surface area contributed by atoms with Crippen molar-refractivity contribution in [2.24, 2.45) is 7.05 Å². The smallest absolute Gasteiger partial charge is 0.108 e. The summed E-state index contributed by atoms with van der Waals surface area (Å²) in [6.45, 7) is 0. The average molecular weight is 345 g/mol. The van der Waals surface area contributed by atoms with Crippen molar-refractivity contribution in [3.63, 3.8) is 0 Å². The van der Waals surface area contributed by atoms with E-state index in [1.54, 1.807) is 0 Å². The molecule has 0 bridgehead atoms. The Balaban J connectivity index is 1.98. The number of hydrogen-bond donors (Lipinski definition) is 0. The normalized spacial score (nSPS) is 16.1. The molecule has 21 heavy (non-hydrogen) atoms. The van der Waals surface area contributed by atoms with Crippen LogP contribution < -0.4 is 0 Å². The lowest BCUT2D eigenvalue weighted by atomic mass is 10.2. The molecule has 1 fully saturated rings. The summed E-state index contributed by atoms with van der Waals surface area (Å²) in [7, 11) is 1.96. The largest absolute Gasteiger partial charge is 0.337 e. The molecule has 0 unspecified atom stereocenters. The zero-order valence-corrected chi connectivity index (χ0v) is 13.5. The number of rotatable bonds is 2. The Hall–Kier alpha value is -1.62. The van der Waals surface area contributed by atoms with Crippen molar-refractivity contribution in [3.8, 4) is 11.3 Å². The van der Waals surface area contributed by atoms with Crippen LogP contribution in [0.2, 0.25) is 0 Å². The van der Waals surface area contributed by atoms with Gasteiger partial charge in [-0.1, -0.05) is 12.8 Å². The van der Waals surface area contributed by atoms with Gasteiger partial charge in [0.1, 0.15) is 4.60 Å². The van der Waals surface area contributed by atoms with Crippen LogP contribution in [0.5, 0.6) is 0 Å². The first-order valence-corrected chi connectivity index (χ1v) is 8.17. The third kappa shape index (κ3) is 2.20. The molecule has 0 spiro atoms. The zero-order valence-electron chi connectivity index (χ0n) is 12.0. The molecule has 4 nitrogen and oxygen atoms in total. The number of nitrogens with zero attached hydrogens (tertiary/aromatic N) is 4.